The Hall–Kier alpha value is -4.44. The summed E-state index contributed by atoms with van der Waals surface area (Å²) in [4.78, 5) is 24.2. The maximum atomic E-state index is 12.1. The van der Waals surface area contributed by atoms with Crippen molar-refractivity contribution in [2.75, 3.05) is 0 Å². The molecule has 0 aliphatic carbocycles. The van der Waals surface area contributed by atoms with E-state index in [0.717, 1.165) is 45.9 Å². The van der Waals surface area contributed by atoms with Crippen LogP contribution >= 0.6 is 0 Å². The highest BCUT2D eigenvalue weighted by Crippen LogP contribution is 2.39. The molecule has 0 saturated carbocycles. The summed E-state index contributed by atoms with van der Waals surface area (Å²) in [5.74, 6) is -0.551. The van der Waals surface area contributed by atoms with Gasteiger partial charge in [-0.25, -0.2) is 0 Å². The van der Waals surface area contributed by atoms with Gasteiger partial charge in [-0.2, -0.15) is 0 Å². The molecule has 0 aliphatic heterocycles. The number of hydrogen-bond donors (Lipinski definition) is 2. The first kappa shape index (κ1) is 29.1. The van der Waals surface area contributed by atoms with E-state index in [0.29, 0.717) is 0 Å². The quantitative estimate of drug-likeness (QED) is 0.125. The highest BCUT2D eigenvalue weighted by Gasteiger charge is 2.15. The molecule has 5 aromatic rings. The highest BCUT2D eigenvalue weighted by molar-refractivity contribution is 6.11. The topological polar surface area (TPSA) is 74.6 Å². The zero-order chi connectivity index (χ0) is 29.5. The fraction of sp³-hybridized carbons (Fsp3) is 0.263. The Morgan fingerprint density at radius 1 is 0.500 bits per heavy atom. The van der Waals surface area contributed by atoms with Crippen LogP contribution in [0.4, 0.5) is 0 Å². The fourth-order valence-corrected chi connectivity index (χ4v) is 5.94. The molecule has 0 spiro atoms. The molecule has 0 amide bonds. The van der Waals surface area contributed by atoms with Crippen molar-refractivity contribution in [3.8, 4) is 33.8 Å². The highest BCUT2D eigenvalue weighted by atomic mass is 16.3. The van der Waals surface area contributed by atoms with Crippen molar-refractivity contribution < 1.29 is 10.2 Å². The molecule has 0 heterocycles. The minimum atomic E-state index is -0.414. The van der Waals surface area contributed by atoms with Gasteiger partial charge in [-0.1, -0.05) is 113 Å². The predicted molar refractivity (Wildman–Crippen MR) is 175 cm³/mol. The first-order chi connectivity index (χ1) is 20.5. The molecule has 5 rings (SSSR count). The Kier molecular flexibility index (Phi) is 9.33. The van der Waals surface area contributed by atoms with E-state index >= 15 is 0 Å². The van der Waals surface area contributed by atoms with Gasteiger partial charge in [0.2, 0.25) is 10.9 Å². The van der Waals surface area contributed by atoms with Gasteiger partial charge in [0.25, 0.3) is 0 Å². The van der Waals surface area contributed by atoms with Gasteiger partial charge in [-0.15, -0.1) is 0 Å². The lowest BCUT2D eigenvalue weighted by Gasteiger charge is -2.17. The summed E-state index contributed by atoms with van der Waals surface area (Å²) >= 11 is 0. The van der Waals surface area contributed by atoms with Gasteiger partial charge in [0.15, 0.2) is 11.5 Å². The van der Waals surface area contributed by atoms with Crippen LogP contribution in [0.2, 0.25) is 0 Å². The zero-order valence-corrected chi connectivity index (χ0v) is 24.2. The third-order valence-corrected chi connectivity index (χ3v) is 8.23. The normalized spacial score (nSPS) is 11.3. The van der Waals surface area contributed by atoms with Crippen LogP contribution in [0.3, 0.4) is 0 Å². The third-order valence-electron chi connectivity index (χ3n) is 8.23. The van der Waals surface area contributed by atoms with Crippen LogP contribution < -0.4 is 10.9 Å². The summed E-state index contributed by atoms with van der Waals surface area (Å²) in [5.41, 5.74) is 4.12. The Morgan fingerprint density at radius 2 is 0.952 bits per heavy atom. The van der Waals surface area contributed by atoms with Crippen molar-refractivity contribution in [1.82, 2.24) is 0 Å². The van der Waals surface area contributed by atoms with Crippen LogP contribution in [0, 0.1) is 0 Å². The molecule has 4 heteroatoms. The van der Waals surface area contributed by atoms with Gasteiger partial charge < -0.3 is 10.2 Å². The van der Waals surface area contributed by atoms with Crippen molar-refractivity contribution in [1.29, 1.82) is 0 Å². The molecule has 42 heavy (non-hydrogen) atoms. The van der Waals surface area contributed by atoms with Gasteiger partial charge in [-0.05, 0) is 92.5 Å². The number of fused-ring (bicyclic) bond motifs is 2. The van der Waals surface area contributed by atoms with Crippen LogP contribution in [0.1, 0.15) is 63.9 Å². The Morgan fingerprint density at radius 3 is 1.45 bits per heavy atom. The van der Waals surface area contributed by atoms with E-state index in [1.807, 2.05) is 0 Å². The zero-order valence-electron chi connectivity index (χ0n) is 24.2. The maximum Gasteiger partial charge on any atom is 0.220 e. The first-order valence-corrected chi connectivity index (χ1v) is 15.1. The fourth-order valence-electron chi connectivity index (χ4n) is 5.94. The van der Waals surface area contributed by atoms with Crippen molar-refractivity contribution in [2.45, 2.75) is 64.7 Å². The molecule has 2 N–H and O–H groups in total. The summed E-state index contributed by atoms with van der Waals surface area (Å²) in [5, 5.41) is 24.5. The van der Waals surface area contributed by atoms with Gasteiger partial charge >= 0.3 is 0 Å². The van der Waals surface area contributed by atoms with E-state index in [9.17, 15) is 19.8 Å². The van der Waals surface area contributed by atoms with Gasteiger partial charge in [-0.3, -0.25) is 9.59 Å². The minimum absolute atomic E-state index is 0.275. The van der Waals surface area contributed by atoms with Crippen LogP contribution in [0.15, 0.2) is 101 Å². The SMILES string of the molecule is CCCCCCCCCCc1c2cccc(-c3ccc(O)c(=O)cc3)c2cc2c(-c3ccc(O)c(=O)cc3)cccc12. The first-order valence-electron chi connectivity index (χ1n) is 15.1. The number of unbranched alkanes of at least 4 members (excludes halogenated alkanes) is 7. The summed E-state index contributed by atoms with van der Waals surface area (Å²) < 4.78 is 0. The van der Waals surface area contributed by atoms with Gasteiger partial charge in [0.1, 0.15) is 0 Å². The summed E-state index contributed by atoms with van der Waals surface area (Å²) in [7, 11) is 0. The lowest BCUT2D eigenvalue weighted by molar-refractivity contribution is 0.470. The molecule has 4 nitrogen and oxygen atoms in total. The number of aryl methyl sites for hydroxylation is 1. The van der Waals surface area contributed by atoms with Crippen LogP contribution in [-0.4, -0.2) is 10.2 Å². The predicted octanol–water partition coefficient (Wildman–Crippen LogP) is 9.14. The van der Waals surface area contributed by atoms with Gasteiger partial charge in [0, 0.05) is 0 Å². The summed E-state index contributed by atoms with van der Waals surface area (Å²) in [6.07, 6.45) is 11.0. The molecule has 0 fully saturated rings. The molecule has 0 unspecified atom stereocenters. The molecular formula is C38H38O4. The molecule has 0 radical (unpaired) electrons. The standard InChI is InChI=1S/C38H38O4/c1-2-3-4-5-6-7-8-9-12-30-31-15-10-13-28(26-17-21-35(39)36(40)22-18-26)33(31)25-34-29(14-11-16-32(30)34)27-19-23-37(41)38(42)24-20-27/h10-11,13-25H,2-9,12H2,1H3,(H,39,40)(H,41,42). The Labute approximate surface area is 246 Å². The van der Waals surface area contributed by atoms with E-state index < -0.39 is 10.9 Å². The molecule has 0 aliphatic rings. The largest absolute Gasteiger partial charge is 0.504 e. The summed E-state index contributed by atoms with van der Waals surface area (Å²) in [6, 6.07) is 27.6. The molecular weight excluding hydrogens is 520 g/mol. The smallest absolute Gasteiger partial charge is 0.220 e. The maximum absolute atomic E-state index is 12.1. The second-order valence-electron chi connectivity index (χ2n) is 11.1. The Balaban J connectivity index is 1.65. The molecule has 5 aromatic carbocycles. The van der Waals surface area contributed by atoms with Gasteiger partial charge in [0.05, 0.1) is 0 Å². The van der Waals surface area contributed by atoms with E-state index in [1.165, 1.54) is 85.5 Å². The van der Waals surface area contributed by atoms with Crippen LogP contribution in [0.5, 0.6) is 11.5 Å². The van der Waals surface area contributed by atoms with Crippen molar-refractivity contribution >= 4 is 21.5 Å². The number of benzene rings is 3. The number of hydrogen-bond acceptors (Lipinski definition) is 4. The van der Waals surface area contributed by atoms with Crippen molar-refractivity contribution in [3.05, 3.63) is 117 Å². The average molecular weight is 559 g/mol. The Bertz CT molecular complexity index is 1720. The molecule has 0 aromatic heterocycles. The second-order valence-corrected chi connectivity index (χ2v) is 11.1. The molecule has 0 atom stereocenters. The average Bonchev–Trinajstić information content (AvgIpc) is 3.28. The number of rotatable bonds is 11. The van der Waals surface area contributed by atoms with Crippen molar-refractivity contribution in [3.63, 3.8) is 0 Å². The lowest BCUT2D eigenvalue weighted by Crippen LogP contribution is -1.94. The third kappa shape index (κ3) is 6.38. The number of aromatic hydroxyl groups is 2. The van der Waals surface area contributed by atoms with Crippen LogP contribution in [0.25, 0.3) is 43.8 Å². The van der Waals surface area contributed by atoms with E-state index in [4.69, 9.17) is 0 Å². The second kappa shape index (κ2) is 13.5. The van der Waals surface area contributed by atoms with E-state index in [-0.39, 0.29) is 11.5 Å². The molecule has 0 bridgehead atoms. The van der Waals surface area contributed by atoms with E-state index in [2.05, 4.69) is 49.4 Å². The molecule has 214 valence electrons. The lowest BCUT2D eigenvalue weighted by atomic mass is 9.87. The summed E-state index contributed by atoms with van der Waals surface area (Å²) in [6.45, 7) is 2.25. The van der Waals surface area contributed by atoms with E-state index in [1.54, 1.807) is 24.3 Å². The van der Waals surface area contributed by atoms with Crippen molar-refractivity contribution in [2.24, 2.45) is 0 Å². The molecule has 0 saturated heterocycles. The van der Waals surface area contributed by atoms with Crippen LogP contribution in [-0.2, 0) is 6.42 Å². The monoisotopic (exact) mass is 558 g/mol. The minimum Gasteiger partial charge on any atom is -0.504 e.